The smallest absolute Gasteiger partial charge is 0.129 e. The first-order valence-electron chi connectivity index (χ1n) is 7.30. The highest BCUT2D eigenvalue weighted by molar-refractivity contribution is 7.13. The van der Waals surface area contributed by atoms with Crippen LogP contribution in [0.25, 0.3) is 10.6 Å². The molecule has 4 nitrogen and oxygen atoms in total. The maximum atomic E-state index is 5.42. The first-order valence-corrected chi connectivity index (χ1v) is 8.18. The monoisotopic (exact) mass is 375 g/mol. The van der Waals surface area contributed by atoms with Gasteiger partial charge in [-0.25, -0.2) is 4.98 Å². The lowest BCUT2D eigenvalue weighted by Gasteiger charge is -2.33. The molecule has 0 saturated carbocycles. The van der Waals surface area contributed by atoms with Gasteiger partial charge in [-0.1, -0.05) is 12.1 Å². The molecule has 2 heterocycles. The van der Waals surface area contributed by atoms with E-state index in [-0.39, 0.29) is 24.8 Å². The molecule has 1 aliphatic rings. The van der Waals surface area contributed by atoms with Crippen LogP contribution in [0.1, 0.15) is 12.6 Å². The SMILES string of the molecule is COc1ccccc1-c1nc(CN2CCNC[C@H]2C)cs1.Cl.Cl. The highest BCUT2D eigenvalue weighted by atomic mass is 35.5. The minimum absolute atomic E-state index is 0. The van der Waals surface area contributed by atoms with Gasteiger partial charge in [-0.15, -0.1) is 36.2 Å². The number of para-hydroxylation sites is 1. The second kappa shape index (κ2) is 9.45. The molecule has 1 saturated heterocycles. The first-order chi connectivity index (χ1) is 10.3. The van der Waals surface area contributed by atoms with Crippen molar-refractivity contribution >= 4 is 36.2 Å². The number of rotatable bonds is 4. The van der Waals surface area contributed by atoms with E-state index in [4.69, 9.17) is 9.72 Å². The van der Waals surface area contributed by atoms with E-state index in [1.54, 1.807) is 18.4 Å². The van der Waals surface area contributed by atoms with Gasteiger partial charge in [-0.2, -0.15) is 0 Å². The summed E-state index contributed by atoms with van der Waals surface area (Å²) in [4.78, 5) is 7.28. The number of methoxy groups -OCH3 is 1. The average Bonchev–Trinajstić information content (AvgIpc) is 2.98. The Bertz CT molecular complexity index is 609. The zero-order valence-electron chi connectivity index (χ0n) is 13.3. The van der Waals surface area contributed by atoms with Crippen LogP contribution >= 0.6 is 36.2 Å². The molecule has 1 N–H and O–H groups in total. The van der Waals surface area contributed by atoms with Crippen LogP contribution in [0.15, 0.2) is 29.6 Å². The molecule has 128 valence electrons. The van der Waals surface area contributed by atoms with Gasteiger partial charge in [0.2, 0.25) is 0 Å². The second-order valence-electron chi connectivity index (χ2n) is 5.37. The molecule has 23 heavy (non-hydrogen) atoms. The molecule has 0 bridgehead atoms. The Balaban J connectivity index is 0.00000132. The van der Waals surface area contributed by atoms with Crippen molar-refractivity contribution in [2.24, 2.45) is 0 Å². The summed E-state index contributed by atoms with van der Waals surface area (Å²) in [5, 5.41) is 6.62. The summed E-state index contributed by atoms with van der Waals surface area (Å²) in [6.45, 7) is 6.40. The Kier molecular flexibility index (Phi) is 8.29. The Morgan fingerprint density at radius 1 is 1.35 bits per heavy atom. The van der Waals surface area contributed by atoms with Gasteiger partial charge in [0.05, 0.1) is 18.4 Å². The van der Waals surface area contributed by atoms with Crippen molar-refractivity contribution in [1.82, 2.24) is 15.2 Å². The summed E-state index contributed by atoms with van der Waals surface area (Å²) < 4.78 is 5.42. The summed E-state index contributed by atoms with van der Waals surface area (Å²) >= 11 is 1.69. The molecule has 0 aliphatic carbocycles. The van der Waals surface area contributed by atoms with Crippen LogP contribution in [-0.4, -0.2) is 42.7 Å². The van der Waals surface area contributed by atoms with E-state index < -0.39 is 0 Å². The van der Waals surface area contributed by atoms with E-state index >= 15 is 0 Å². The van der Waals surface area contributed by atoms with Gasteiger partial charge in [0.1, 0.15) is 10.8 Å². The number of hydrogen-bond donors (Lipinski definition) is 1. The average molecular weight is 376 g/mol. The normalized spacial score (nSPS) is 17.9. The van der Waals surface area contributed by atoms with Crippen LogP contribution in [0.3, 0.4) is 0 Å². The van der Waals surface area contributed by atoms with Gasteiger partial charge in [0.15, 0.2) is 0 Å². The number of thiazole rings is 1. The highest BCUT2D eigenvalue weighted by Crippen LogP contribution is 2.32. The summed E-state index contributed by atoms with van der Waals surface area (Å²) in [5.74, 6) is 0.883. The lowest BCUT2D eigenvalue weighted by Crippen LogP contribution is -2.49. The van der Waals surface area contributed by atoms with Crippen molar-refractivity contribution in [2.45, 2.75) is 19.5 Å². The first kappa shape index (κ1) is 20.2. The van der Waals surface area contributed by atoms with Crippen LogP contribution in [0, 0.1) is 0 Å². The van der Waals surface area contributed by atoms with Gasteiger partial charge >= 0.3 is 0 Å². The maximum absolute atomic E-state index is 5.42. The number of piperazine rings is 1. The predicted octanol–water partition coefficient (Wildman–Crippen LogP) is 3.46. The van der Waals surface area contributed by atoms with Crippen molar-refractivity contribution in [3.8, 4) is 16.3 Å². The number of aromatic nitrogens is 1. The zero-order valence-corrected chi connectivity index (χ0v) is 15.8. The number of ether oxygens (including phenoxy) is 1. The van der Waals surface area contributed by atoms with Gasteiger partial charge in [-0.05, 0) is 19.1 Å². The lowest BCUT2D eigenvalue weighted by atomic mass is 10.2. The molecule has 0 unspecified atom stereocenters. The fourth-order valence-corrected chi connectivity index (χ4v) is 3.49. The van der Waals surface area contributed by atoms with Crippen molar-refractivity contribution in [3.63, 3.8) is 0 Å². The lowest BCUT2D eigenvalue weighted by molar-refractivity contribution is 0.164. The van der Waals surface area contributed by atoms with Crippen LogP contribution in [-0.2, 0) is 6.54 Å². The van der Waals surface area contributed by atoms with E-state index in [1.165, 1.54) is 0 Å². The number of hydrogen-bond acceptors (Lipinski definition) is 5. The molecule has 1 aromatic heterocycles. The summed E-state index contributed by atoms with van der Waals surface area (Å²) in [6.07, 6.45) is 0. The summed E-state index contributed by atoms with van der Waals surface area (Å²) in [7, 11) is 1.70. The molecule has 1 atom stereocenters. The Labute approximate surface area is 154 Å². The summed E-state index contributed by atoms with van der Waals surface area (Å²) in [5.41, 5.74) is 2.22. The molecule has 0 amide bonds. The Morgan fingerprint density at radius 2 is 2.13 bits per heavy atom. The van der Waals surface area contributed by atoms with E-state index in [1.807, 2.05) is 18.2 Å². The zero-order chi connectivity index (χ0) is 14.7. The third-order valence-electron chi connectivity index (χ3n) is 3.89. The second-order valence-corrected chi connectivity index (χ2v) is 6.23. The topological polar surface area (TPSA) is 37.4 Å². The minimum Gasteiger partial charge on any atom is -0.496 e. The minimum atomic E-state index is 0. The predicted molar refractivity (Wildman–Crippen MR) is 101 cm³/mol. The maximum Gasteiger partial charge on any atom is 0.129 e. The van der Waals surface area contributed by atoms with Crippen molar-refractivity contribution in [2.75, 3.05) is 26.7 Å². The Hall–Kier alpha value is -0.850. The fraction of sp³-hybridized carbons (Fsp3) is 0.438. The molecule has 1 fully saturated rings. The number of nitrogens with zero attached hydrogens (tertiary/aromatic N) is 2. The molecule has 3 rings (SSSR count). The molecule has 1 aromatic carbocycles. The van der Waals surface area contributed by atoms with Crippen molar-refractivity contribution in [3.05, 3.63) is 35.3 Å². The molecule has 0 spiro atoms. The van der Waals surface area contributed by atoms with Crippen LogP contribution < -0.4 is 10.1 Å². The third-order valence-corrected chi connectivity index (χ3v) is 4.82. The molecule has 7 heteroatoms. The van der Waals surface area contributed by atoms with E-state index in [2.05, 4.69) is 28.6 Å². The van der Waals surface area contributed by atoms with E-state index in [0.29, 0.717) is 6.04 Å². The highest BCUT2D eigenvalue weighted by Gasteiger charge is 2.19. The molecule has 1 aliphatic heterocycles. The number of nitrogens with one attached hydrogen (secondary N) is 1. The molecule has 2 aromatic rings. The van der Waals surface area contributed by atoms with E-state index in [9.17, 15) is 0 Å². The number of benzene rings is 1. The van der Waals surface area contributed by atoms with Gasteiger partial charge in [-0.3, -0.25) is 4.90 Å². The van der Waals surface area contributed by atoms with Crippen molar-refractivity contribution in [1.29, 1.82) is 0 Å². The number of halogens is 2. The summed E-state index contributed by atoms with van der Waals surface area (Å²) in [6, 6.07) is 8.62. The van der Waals surface area contributed by atoms with Gasteiger partial charge in [0, 0.05) is 37.6 Å². The van der Waals surface area contributed by atoms with Crippen LogP contribution in [0.2, 0.25) is 0 Å². The van der Waals surface area contributed by atoms with Gasteiger partial charge < -0.3 is 10.1 Å². The van der Waals surface area contributed by atoms with Crippen LogP contribution in [0.4, 0.5) is 0 Å². The quantitative estimate of drug-likeness (QED) is 0.887. The Morgan fingerprint density at radius 3 is 2.87 bits per heavy atom. The van der Waals surface area contributed by atoms with E-state index in [0.717, 1.165) is 48.2 Å². The fourth-order valence-electron chi connectivity index (χ4n) is 2.65. The largest absolute Gasteiger partial charge is 0.496 e. The van der Waals surface area contributed by atoms with Crippen LogP contribution in [0.5, 0.6) is 5.75 Å². The van der Waals surface area contributed by atoms with Crippen molar-refractivity contribution < 1.29 is 4.74 Å². The molecule has 0 radical (unpaired) electrons. The molecular formula is C16H23Cl2N3OS. The standard InChI is InChI=1S/C16H21N3OS.2ClH/c1-12-9-17-7-8-19(12)10-13-11-21-16(18-13)14-5-3-4-6-15(14)20-2;;/h3-6,11-12,17H,7-10H2,1-2H3;2*1H/t12-;;/m1../s1. The third kappa shape index (κ3) is 4.81. The van der Waals surface area contributed by atoms with Gasteiger partial charge in [0.25, 0.3) is 0 Å². The molecular weight excluding hydrogens is 353 g/mol.